The van der Waals surface area contributed by atoms with E-state index in [1.54, 1.807) is 11.0 Å². The van der Waals surface area contributed by atoms with E-state index in [-0.39, 0.29) is 0 Å². The fraction of sp³-hybridized carbons (Fsp3) is 0.364. The van der Waals surface area contributed by atoms with Crippen LogP contribution in [0.3, 0.4) is 0 Å². The van der Waals surface area contributed by atoms with E-state index in [1.165, 1.54) is 11.1 Å². The van der Waals surface area contributed by atoms with Gasteiger partial charge in [-0.05, 0) is 24.1 Å². The number of aryl methyl sites for hydroxylation is 2. The molecule has 0 bridgehead atoms. The van der Waals surface area contributed by atoms with Crippen molar-refractivity contribution >= 4 is 0 Å². The second kappa shape index (κ2) is 4.85. The van der Waals surface area contributed by atoms with Crippen LogP contribution in [0, 0.1) is 6.92 Å². The van der Waals surface area contributed by atoms with Crippen LogP contribution in [0.1, 0.15) is 17.0 Å². The first kappa shape index (κ1) is 10.8. The van der Waals surface area contributed by atoms with Gasteiger partial charge in [0.05, 0.1) is 6.54 Å². The molecule has 0 aromatic carbocycles. The number of aromatic nitrogens is 4. The molecule has 2 aromatic heterocycles. The highest BCUT2D eigenvalue weighted by Crippen LogP contribution is 2.04. The minimum Gasteiger partial charge on any atom is -0.306 e. The summed E-state index contributed by atoms with van der Waals surface area (Å²) < 4.78 is 1.77. The molecule has 0 atom stereocenters. The summed E-state index contributed by atoms with van der Waals surface area (Å²) in [4.78, 5) is 8.25. The average Bonchev–Trinajstić information content (AvgIpc) is 2.67. The Morgan fingerprint density at radius 2 is 2.25 bits per heavy atom. The molecule has 0 aliphatic rings. The second-order valence-electron chi connectivity index (χ2n) is 3.71. The molecule has 0 unspecified atom stereocenters. The van der Waals surface area contributed by atoms with Gasteiger partial charge in [-0.15, -0.1) is 0 Å². The molecule has 0 radical (unpaired) electrons. The highest BCUT2D eigenvalue weighted by atomic mass is 15.3. The average molecular weight is 217 g/mol. The van der Waals surface area contributed by atoms with E-state index in [9.17, 15) is 0 Å². The molecule has 0 aliphatic carbocycles. The molecular weight excluding hydrogens is 202 g/mol. The van der Waals surface area contributed by atoms with Crippen molar-refractivity contribution in [3.05, 3.63) is 41.7 Å². The Balaban J connectivity index is 1.89. The number of nitrogens with one attached hydrogen (secondary N) is 1. The van der Waals surface area contributed by atoms with Gasteiger partial charge in [0.15, 0.2) is 0 Å². The topological polar surface area (TPSA) is 55.6 Å². The first-order valence-corrected chi connectivity index (χ1v) is 5.20. The van der Waals surface area contributed by atoms with Gasteiger partial charge >= 0.3 is 0 Å². The highest BCUT2D eigenvalue weighted by Gasteiger charge is 2.01. The predicted molar refractivity (Wildman–Crippen MR) is 60.5 cm³/mol. The minimum atomic E-state index is 0.713. The van der Waals surface area contributed by atoms with Gasteiger partial charge in [-0.25, -0.2) is 4.98 Å². The molecule has 0 spiro atoms. The molecular formula is C11H15N5. The van der Waals surface area contributed by atoms with Gasteiger partial charge in [0.2, 0.25) is 0 Å². The molecule has 2 heterocycles. The Labute approximate surface area is 94.5 Å². The molecule has 0 saturated heterocycles. The van der Waals surface area contributed by atoms with Crippen LogP contribution in [0.4, 0.5) is 0 Å². The lowest BCUT2D eigenvalue weighted by molar-refractivity contribution is 0.612. The summed E-state index contributed by atoms with van der Waals surface area (Å²) >= 11 is 0. The van der Waals surface area contributed by atoms with E-state index in [2.05, 4.69) is 27.3 Å². The number of hydrogen-bond acceptors (Lipinski definition) is 4. The summed E-state index contributed by atoms with van der Waals surface area (Å²) in [5.41, 5.74) is 2.46. The van der Waals surface area contributed by atoms with E-state index in [4.69, 9.17) is 0 Å². The van der Waals surface area contributed by atoms with E-state index in [0.29, 0.717) is 6.54 Å². The number of pyridine rings is 1. The van der Waals surface area contributed by atoms with Crippen LogP contribution in [-0.4, -0.2) is 19.7 Å². The smallest absolute Gasteiger partial charge is 0.140 e. The van der Waals surface area contributed by atoms with E-state index in [0.717, 1.165) is 12.4 Å². The fourth-order valence-electron chi connectivity index (χ4n) is 1.47. The zero-order valence-electron chi connectivity index (χ0n) is 9.51. The van der Waals surface area contributed by atoms with Crippen molar-refractivity contribution in [1.82, 2.24) is 25.1 Å². The summed E-state index contributed by atoms with van der Waals surface area (Å²) in [6, 6.07) is 2.01. The van der Waals surface area contributed by atoms with E-state index in [1.807, 2.05) is 25.5 Å². The monoisotopic (exact) mass is 217 g/mol. The summed E-state index contributed by atoms with van der Waals surface area (Å²) in [5, 5.41) is 7.34. The van der Waals surface area contributed by atoms with Crippen LogP contribution in [-0.2, 0) is 20.1 Å². The number of hydrogen-bond donors (Lipinski definition) is 1. The summed E-state index contributed by atoms with van der Waals surface area (Å²) in [5.74, 6) is 0.932. The van der Waals surface area contributed by atoms with Crippen molar-refractivity contribution < 1.29 is 0 Å². The summed E-state index contributed by atoms with van der Waals surface area (Å²) in [6.45, 7) is 3.60. The van der Waals surface area contributed by atoms with Crippen molar-refractivity contribution in [1.29, 1.82) is 0 Å². The van der Waals surface area contributed by atoms with Crippen molar-refractivity contribution in [3.63, 3.8) is 0 Å². The normalized spacial score (nSPS) is 10.6. The molecule has 0 fully saturated rings. The molecule has 84 valence electrons. The SMILES string of the molecule is Cc1ccncc1CNCc1ncnn1C. The molecule has 2 rings (SSSR count). The first-order chi connectivity index (χ1) is 7.77. The third-order valence-electron chi connectivity index (χ3n) is 2.55. The quantitative estimate of drug-likeness (QED) is 0.823. The largest absolute Gasteiger partial charge is 0.306 e. The first-order valence-electron chi connectivity index (χ1n) is 5.20. The van der Waals surface area contributed by atoms with Gasteiger partial charge in [0.25, 0.3) is 0 Å². The second-order valence-corrected chi connectivity index (χ2v) is 3.71. The zero-order valence-corrected chi connectivity index (χ0v) is 9.51. The standard InChI is InChI=1S/C11H15N5/c1-9-3-4-12-5-10(9)6-13-7-11-14-8-15-16(11)2/h3-5,8,13H,6-7H2,1-2H3. The Kier molecular flexibility index (Phi) is 3.26. The fourth-order valence-corrected chi connectivity index (χ4v) is 1.47. The Morgan fingerprint density at radius 1 is 1.38 bits per heavy atom. The minimum absolute atomic E-state index is 0.713. The molecule has 0 aliphatic heterocycles. The molecule has 2 aromatic rings. The predicted octanol–water partition coefficient (Wildman–Crippen LogP) is 0.808. The van der Waals surface area contributed by atoms with Gasteiger partial charge in [0, 0.05) is 26.0 Å². The lowest BCUT2D eigenvalue weighted by Gasteiger charge is -2.06. The van der Waals surface area contributed by atoms with Crippen LogP contribution in [0.15, 0.2) is 24.8 Å². The molecule has 5 nitrogen and oxygen atoms in total. The van der Waals surface area contributed by atoms with Gasteiger partial charge < -0.3 is 5.32 Å². The maximum Gasteiger partial charge on any atom is 0.140 e. The third kappa shape index (κ3) is 2.43. The lowest BCUT2D eigenvalue weighted by atomic mass is 10.1. The maximum absolute atomic E-state index is 4.14. The van der Waals surface area contributed by atoms with Crippen LogP contribution < -0.4 is 5.32 Å². The van der Waals surface area contributed by atoms with Crippen molar-refractivity contribution in [2.75, 3.05) is 0 Å². The molecule has 16 heavy (non-hydrogen) atoms. The molecule has 1 N–H and O–H groups in total. The molecule has 5 heteroatoms. The third-order valence-corrected chi connectivity index (χ3v) is 2.55. The van der Waals surface area contributed by atoms with Gasteiger partial charge in [-0.2, -0.15) is 5.10 Å². The van der Waals surface area contributed by atoms with Crippen LogP contribution in [0.5, 0.6) is 0 Å². The summed E-state index contributed by atoms with van der Waals surface area (Å²) in [7, 11) is 1.89. The van der Waals surface area contributed by atoms with Crippen molar-refractivity contribution in [3.8, 4) is 0 Å². The van der Waals surface area contributed by atoms with E-state index >= 15 is 0 Å². The van der Waals surface area contributed by atoms with Gasteiger partial charge in [0.1, 0.15) is 12.2 Å². The number of nitrogens with zero attached hydrogens (tertiary/aromatic N) is 4. The van der Waals surface area contributed by atoms with Crippen molar-refractivity contribution in [2.45, 2.75) is 20.0 Å². The van der Waals surface area contributed by atoms with Crippen LogP contribution in [0.25, 0.3) is 0 Å². The zero-order chi connectivity index (χ0) is 11.4. The highest BCUT2D eigenvalue weighted by molar-refractivity contribution is 5.20. The molecule has 0 saturated carbocycles. The summed E-state index contributed by atoms with van der Waals surface area (Å²) in [6.07, 6.45) is 5.26. The van der Waals surface area contributed by atoms with Crippen molar-refractivity contribution in [2.24, 2.45) is 7.05 Å². The van der Waals surface area contributed by atoms with E-state index < -0.39 is 0 Å². The van der Waals surface area contributed by atoms with Gasteiger partial charge in [-0.3, -0.25) is 9.67 Å². The van der Waals surface area contributed by atoms with Gasteiger partial charge in [-0.1, -0.05) is 0 Å². The van der Waals surface area contributed by atoms with Crippen LogP contribution >= 0.6 is 0 Å². The Bertz CT molecular complexity index is 463. The number of rotatable bonds is 4. The maximum atomic E-state index is 4.14. The lowest BCUT2D eigenvalue weighted by Crippen LogP contribution is -2.16. The Morgan fingerprint density at radius 3 is 2.94 bits per heavy atom. The van der Waals surface area contributed by atoms with Crippen LogP contribution in [0.2, 0.25) is 0 Å². The molecule has 0 amide bonds. The Hall–Kier alpha value is -1.75.